The molecule has 0 unspecified atom stereocenters. The smallest absolute Gasteiger partial charge is 0.0806 e. The molecule has 1 heteroatoms. The van der Waals surface area contributed by atoms with Gasteiger partial charge in [0.25, 0.3) is 0 Å². The predicted molar refractivity (Wildman–Crippen MR) is 163 cm³/mol. The van der Waals surface area contributed by atoms with Crippen molar-refractivity contribution < 1.29 is 0 Å². The van der Waals surface area contributed by atoms with E-state index >= 15 is 0 Å². The van der Waals surface area contributed by atoms with E-state index in [-0.39, 0.29) is 5.41 Å². The van der Waals surface area contributed by atoms with E-state index in [4.69, 9.17) is 0 Å². The van der Waals surface area contributed by atoms with E-state index in [1.54, 1.807) is 16.0 Å². The first-order valence-electron chi connectivity index (χ1n) is 14.1. The van der Waals surface area contributed by atoms with Gasteiger partial charge in [0.15, 0.2) is 0 Å². The first kappa shape index (κ1) is 26.4. The van der Waals surface area contributed by atoms with E-state index in [0.717, 1.165) is 6.42 Å². The Kier molecular flexibility index (Phi) is 8.85. The molecule has 0 saturated carbocycles. The Hall–Kier alpha value is -2.64. The zero-order chi connectivity index (χ0) is 25.5. The lowest BCUT2D eigenvalue weighted by atomic mass is 9.87. The highest BCUT2D eigenvalue weighted by molar-refractivity contribution is 6.63. The van der Waals surface area contributed by atoms with E-state index in [0.29, 0.717) is 0 Å². The Bertz CT molecular complexity index is 1200. The summed E-state index contributed by atoms with van der Waals surface area (Å²) in [5, 5.41) is 3.28. The molecule has 1 aliphatic carbocycles. The van der Waals surface area contributed by atoms with Gasteiger partial charge in [0.2, 0.25) is 0 Å². The van der Waals surface area contributed by atoms with E-state index in [1.165, 1.54) is 71.9 Å². The summed E-state index contributed by atoms with van der Waals surface area (Å²) >= 11 is 0. The van der Waals surface area contributed by atoms with Gasteiger partial charge < -0.3 is 0 Å². The summed E-state index contributed by atoms with van der Waals surface area (Å²) < 4.78 is 0. The van der Waals surface area contributed by atoms with Crippen LogP contribution in [0.25, 0.3) is 22.3 Å². The fraction of sp³-hybridized carbons (Fsp3) is 0.371. The van der Waals surface area contributed by atoms with Crippen LogP contribution in [0.3, 0.4) is 0 Å². The Labute approximate surface area is 222 Å². The quantitative estimate of drug-likeness (QED) is 0.248. The van der Waals surface area contributed by atoms with Gasteiger partial charge in [-0.15, -0.1) is 0 Å². The maximum Gasteiger partial charge on any atom is 0.0840 e. The fourth-order valence-corrected chi connectivity index (χ4v) is 7.94. The standard InChI is InChI=1S/C35H44Si/c1-6-8-12-26-18-22-28(23-19-26)30-14-10-17-33(36-32-16-11-15-31(32)35(3,4)5)34(30)29-24-20-27(21-25-29)13-9-7-2/h10-11,14-15,17-25H,6-9,12-13,16,36H2,1-5H3. The minimum atomic E-state index is -0.586. The molecule has 0 bridgehead atoms. The highest BCUT2D eigenvalue weighted by atomic mass is 28.2. The highest BCUT2D eigenvalue weighted by Gasteiger charge is 2.23. The van der Waals surface area contributed by atoms with Gasteiger partial charge in [-0.2, -0.15) is 0 Å². The third-order valence-electron chi connectivity index (χ3n) is 7.54. The van der Waals surface area contributed by atoms with Crippen molar-refractivity contribution in [1.82, 2.24) is 0 Å². The second-order valence-electron chi connectivity index (χ2n) is 11.5. The molecule has 0 radical (unpaired) electrons. The maximum atomic E-state index is 2.41. The molecule has 0 fully saturated rings. The Morgan fingerprint density at radius 2 is 1.31 bits per heavy atom. The molecule has 1 aliphatic rings. The van der Waals surface area contributed by atoms with Crippen molar-refractivity contribution in [2.45, 2.75) is 79.6 Å². The van der Waals surface area contributed by atoms with Crippen LogP contribution in [-0.2, 0) is 12.8 Å². The van der Waals surface area contributed by atoms with Crippen LogP contribution in [-0.4, -0.2) is 9.52 Å². The summed E-state index contributed by atoms with van der Waals surface area (Å²) in [6.07, 6.45) is 13.3. The molecule has 0 N–H and O–H groups in total. The summed E-state index contributed by atoms with van der Waals surface area (Å²) in [6.45, 7) is 11.6. The van der Waals surface area contributed by atoms with Crippen LogP contribution in [0.5, 0.6) is 0 Å². The van der Waals surface area contributed by atoms with Crippen LogP contribution >= 0.6 is 0 Å². The van der Waals surface area contributed by atoms with Gasteiger partial charge in [-0.05, 0) is 76.5 Å². The molecule has 0 heterocycles. The highest BCUT2D eigenvalue weighted by Crippen LogP contribution is 2.36. The van der Waals surface area contributed by atoms with Gasteiger partial charge in [-0.25, -0.2) is 0 Å². The molecule has 36 heavy (non-hydrogen) atoms. The molecule has 3 aromatic carbocycles. The molecule has 0 saturated heterocycles. The van der Waals surface area contributed by atoms with Crippen LogP contribution < -0.4 is 5.19 Å². The second kappa shape index (κ2) is 12.1. The number of unbranched alkanes of at least 4 members (excludes halogenated alkanes) is 2. The summed E-state index contributed by atoms with van der Waals surface area (Å²) in [5.41, 5.74) is 10.2. The molecule has 3 aromatic rings. The fourth-order valence-electron chi connectivity index (χ4n) is 5.50. The molecule has 0 atom stereocenters. The van der Waals surface area contributed by atoms with Crippen molar-refractivity contribution >= 4 is 14.7 Å². The minimum Gasteiger partial charge on any atom is -0.0806 e. The van der Waals surface area contributed by atoms with Crippen LogP contribution in [0.15, 0.2) is 89.7 Å². The Morgan fingerprint density at radius 3 is 1.86 bits per heavy atom. The lowest BCUT2D eigenvalue weighted by molar-refractivity contribution is 0.516. The van der Waals surface area contributed by atoms with E-state index in [2.05, 4.69) is 114 Å². The first-order chi connectivity index (χ1) is 17.4. The first-order valence-corrected chi connectivity index (χ1v) is 15.5. The maximum absolute atomic E-state index is 2.41. The van der Waals surface area contributed by atoms with Crippen molar-refractivity contribution in [3.63, 3.8) is 0 Å². The summed E-state index contributed by atoms with van der Waals surface area (Å²) in [5.74, 6) is 0. The largest absolute Gasteiger partial charge is 0.0840 e. The summed E-state index contributed by atoms with van der Waals surface area (Å²) in [4.78, 5) is 0. The second-order valence-corrected chi connectivity index (χ2v) is 13.5. The average molecular weight is 493 g/mol. The van der Waals surface area contributed by atoms with Crippen LogP contribution in [0, 0.1) is 5.41 Å². The average Bonchev–Trinajstić information content (AvgIpc) is 3.36. The topological polar surface area (TPSA) is 0 Å². The Morgan fingerprint density at radius 1 is 0.722 bits per heavy atom. The van der Waals surface area contributed by atoms with E-state index in [9.17, 15) is 0 Å². The third kappa shape index (κ3) is 6.37. The van der Waals surface area contributed by atoms with Crippen LogP contribution in [0.4, 0.5) is 0 Å². The number of rotatable bonds is 10. The molecular weight excluding hydrogens is 448 g/mol. The number of aryl methyl sites for hydroxylation is 2. The monoisotopic (exact) mass is 492 g/mol. The SMILES string of the molecule is CCCCc1ccc(-c2cccc([SiH2]C3=C(C(C)(C)C)C=CC3)c2-c2ccc(CCCC)cc2)cc1. The molecule has 0 spiro atoms. The van der Waals surface area contributed by atoms with Crippen molar-refractivity contribution in [3.05, 3.63) is 101 Å². The van der Waals surface area contributed by atoms with Crippen LogP contribution in [0.1, 0.15) is 77.8 Å². The number of benzene rings is 3. The van der Waals surface area contributed by atoms with Crippen molar-refractivity contribution in [3.8, 4) is 22.3 Å². The minimum absolute atomic E-state index is 0.211. The predicted octanol–water partition coefficient (Wildman–Crippen LogP) is 8.76. The molecule has 0 aromatic heterocycles. The lowest BCUT2D eigenvalue weighted by Crippen LogP contribution is -2.22. The van der Waals surface area contributed by atoms with Gasteiger partial charge in [-0.1, -0.05) is 137 Å². The molecule has 0 nitrogen and oxygen atoms in total. The zero-order valence-electron chi connectivity index (χ0n) is 23.2. The molecular formula is C35H44Si. The molecule has 0 aliphatic heterocycles. The van der Waals surface area contributed by atoms with Gasteiger partial charge >= 0.3 is 0 Å². The van der Waals surface area contributed by atoms with Crippen molar-refractivity contribution in [1.29, 1.82) is 0 Å². The summed E-state index contributed by atoms with van der Waals surface area (Å²) in [6, 6.07) is 25.9. The number of hydrogen-bond acceptors (Lipinski definition) is 0. The summed E-state index contributed by atoms with van der Waals surface area (Å²) in [7, 11) is -0.586. The number of hydrogen-bond donors (Lipinski definition) is 0. The normalized spacial score (nSPS) is 13.9. The van der Waals surface area contributed by atoms with Gasteiger partial charge in [-0.3, -0.25) is 0 Å². The van der Waals surface area contributed by atoms with E-state index < -0.39 is 9.52 Å². The van der Waals surface area contributed by atoms with Gasteiger partial charge in [0, 0.05) is 0 Å². The van der Waals surface area contributed by atoms with E-state index in [1.807, 2.05) is 0 Å². The lowest BCUT2D eigenvalue weighted by Gasteiger charge is -2.23. The van der Waals surface area contributed by atoms with Crippen LogP contribution in [0.2, 0.25) is 0 Å². The number of allylic oxidation sites excluding steroid dienone is 4. The molecule has 4 rings (SSSR count). The molecule has 188 valence electrons. The molecule has 0 amide bonds. The van der Waals surface area contributed by atoms with Gasteiger partial charge in [0.1, 0.15) is 0 Å². The zero-order valence-corrected chi connectivity index (χ0v) is 24.6. The van der Waals surface area contributed by atoms with Crippen molar-refractivity contribution in [2.24, 2.45) is 5.41 Å². The van der Waals surface area contributed by atoms with Gasteiger partial charge in [0.05, 0.1) is 9.52 Å². The third-order valence-corrected chi connectivity index (χ3v) is 9.60. The van der Waals surface area contributed by atoms with Crippen molar-refractivity contribution in [2.75, 3.05) is 0 Å². The Balaban J connectivity index is 1.78.